The minimum Gasteiger partial charge on any atom is -0.464 e. The summed E-state index contributed by atoms with van der Waals surface area (Å²) >= 11 is 0. The fraction of sp³-hybridized carbons (Fsp3) is 0.296. The SMILES string of the molecule is Cc1ccc([C@H](C(=O)NC(C)(C)C)N(C(=O)Cn2nnc(-c3ccccc3F)n2)c2cccc(C(F)(F)F)c2)o1. The Hall–Kier alpha value is -4.55. The lowest BCUT2D eigenvalue weighted by Crippen LogP contribution is -2.50. The molecule has 0 aliphatic rings. The quantitative estimate of drug-likeness (QED) is 0.317. The van der Waals surface area contributed by atoms with Gasteiger partial charge in [-0.05, 0) is 75.4 Å². The molecule has 0 saturated carbocycles. The van der Waals surface area contributed by atoms with Crippen LogP contribution in [0.3, 0.4) is 0 Å². The highest BCUT2D eigenvalue weighted by molar-refractivity contribution is 6.01. The number of halogens is 4. The lowest BCUT2D eigenvalue weighted by molar-refractivity contribution is -0.137. The van der Waals surface area contributed by atoms with Crippen LogP contribution in [-0.2, 0) is 22.3 Å². The van der Waals surface area contributed by atoms with Gasteiger partial charge in [0.1, 0.15) is 23.9 Å². The predicted octanol–water partition coefficient (Wildman–Crippen LogP) is 5.09. The molecule has 13 heteroatoms. The largest absolute Gasteiger partial charge is 0.464 e. The third-order valence-corrected chi connectivity index (χ3v) is 5.60. The topological polar surface area (TPSA) is 106 Å². The molecule has 210 valence electrons. The summed E-state index contributed by atoms with van der Waals surface area (Å²) in [6, 6.07) is 11.3. The predicted molar refractivity (Wildman–Crippen MR) is 136 cm³/mol. The van der Waals surface area contributed by atoms with Gasteiger partial charge in [0.05, 0.1) is 11.1 Å². The van der Waals surface area contributed by atoms with Gasteiger partial charge >= 0.3 is 6.18 Å². The maximum absolute atomic E-state index is 14.2. The molecule has 40 heavy (non-hydrogen) atoms. The highest BCUT2D eigenvalue weighted by Gasteiger charge is 2.38. The van der Waals surface area contributed by atoms with Crippen LogP contribution in [0.5, 0.6) is 0 Å². The molecule has 1 N–H and O–H groups in total. The number of hydrogen-bond acceptors (Lipinski definition) is 6. The highest BCUT2D eigenvalue weighted by Crippen LogP contribution is 2.35. The van der Waals surface area contributed by atoms with Gasteiger partial charge in [-0.2, -0.15) is 18.0 Å². The number of carbonyl (C=O) groups excluding carboxylic acids is 2. The van der Waals surface area contributed by atoms with Crippen LogP contribution < -0.4 is 10.2 Å². The molecule has 2 heterocycles. The van der Waals surface area contributed by atoms with Crippen LogP contribution in [-0.4, -0.2) is 37.6 Å². The molecule has 0 saturated heterocycles. The number of nitrogens with one attached hydrogen (secondary N) is 1. The van der Waals surface area contributed by atoms with Crippen molar-refractivity contribution in [2.45, 2.75) is 52.0 Å². The van der Waals surface area contributed by atoms with Crippen LogP contribution >= 0.6 is 0 Å². The van der Waals surface area contributed by atoms with E-state index in [2.05, 4.69) is 20.7 Å². The molecule has 2 aromatic carbocycles. The van der Waals surface area contributed by atoms with Gasteiger partial charge in [-0.25, -0.2) is 4.39 Å². The number of nitrogens with zero attached hydrogens (tertiary/aromatic N) is 5. The molecule has 0 radical (unpaired) electrons. The average molecular weight is 559 g/mol. The molecule has 0 aliphatic heterocycles. The lowest BCUT2D eigenvalue weighted by atomic mass is 10.0. The second kappa shape index (κ2) is 10.9. The zero-order chi connectivity index (χ0) is 29.2. The van der Waals surface area contributed by atoms with E-state index in [1.165, 1.54) is 30.3 Å². The molecular formula is C27H26F4N6O3. The maximum Gasteiger partial charge on any atom is 0.416 e. The molecule has 4 aromatic rings. The van der Waals surface area contributed by atoms with E-state index in [1.807, 2.05) is 0 Å². The summed E-state index contributed by atoms with van der Waals surface area (Å²) in [7, 11) is 0. The summed E-state index contributed by atoms with van der Waals surface area (Å²) in [5.41, 5.74) is -1.93. The van der Waals surface area contributed by atoms with Crippen molar-refractivity contribution in [2.75, 3.05) is 4.90 Å². The Morgan fingerprint density at radius 1 is 1.05 bits per heavy atom. The van der Waals surface area contributed by atoms with E-state index in [0.29, 0.717) is 5.76 Å². The smallest absolute Gasteiger partial charge is 0.416 e. The molecule has 2 aromatic heterocycles. The number of furan rings is 1. The van der Waals surface area contributed by atoms with Crippen molar-refractivity contribution in [1.82, 2.24) is 25.5 Å². The van der Waals surface area contributed by atoms with Gasteiger partial charge in [0.2, 0.25) is 5.82 Å². The number of hydrogen-bond donors (Lipinski definition) is 1. The highest BCUT2D eigenvalue weighted by atomic mass is 19.4. The van der Waals surface area contributed by atoms with Crippen molar-refractivity contribution in [3.05, 3.63) is 83.6 Å². The molecular weight excluding hydrogens is 532 g/mol. The molecule has 0 unspecified atom stereocenters. The zero-order valence-electron chi connectivity index (χ0n) is 22.0. The van der Waals surface area contributed by atoms with E-state index < -0.39 is 47.5 Å². The normalized spacial score (nSPS) is 12.7. The van der Waals surface area contributed by atoms with Gasteiger partial charge in [0.15, 0.2) is 6.04 Å². The first-order valence-electron chi connectivity index (χ1n) is 12.1. The summed E-state index contributed by atoms with van der Waals surface area (Å²) in [6.07, 6.45) is -4.71. The van der Waals surface area contributed by atoms with Gasteiger partial charge in [-0.15, -0.1) is 10.2 Å². The standard InChI is InChI=1S/C27H26F4N6O3/c1-16-12-13-21(40-16)23(25(39)32-26(2,3)4)37(18-9-7-8-17(14-18)27(29,30)31)22(38)15-36-34-24(33-35-36)19-10-5-6-11-20(19)28/h5-14,23H,15H2,1-4H3,(H,32,39)/t23-/m1/s1. The number of rotatable bonds is 7. The van der Waals surface area contributed by atoms with Crippen molar-refractivity contribution in [1.29, 1.82) is 0 Å². The first-order valence-corrected chi connectivity index (χ1v) is 12.1. The fourth-order valence-corrected chi connectivity index (χ4v) is 3.94. The van der Waals surface area contributed by atoms with Crippen molar-refractivity contribution in [2.24, 2.45) is 0 Å². The van der Waals surface area contributed by atoms with Crippen molar-refractivity contribution in [3.8, 4) is 11.4 Å². The van der Waals surface area contributed by atoms with E-state index in [1.54, 1.807) is 39.8 Å². The monoisotopic (exact) mass is 558 g/mol. The Bertz CT molecular complexity index is 1520. The minimum absolute atomic E-state index is 0.0311. The van der Waals surface area contributed by atoms with Crippen LogP contribution in [0.1, 0.15) is 43.9 Å². The number of anilines is 1. The zero-order valence-corrected chi connectivity index (χ0v) is 22.0. The Labute approximate surface area is 226 Å². The van der Waals surface area contributed by atoms with Crippen molar-refractivity contribution >= 4 is 17.5 Å². The third kappa shape index (κ3) is 6.53. The number of aromatic nitrogens is 4. The summed E-state index contributed by atoms with van der Waals surface area (Å²) in [4.78, 5) is 29.1. The summed E-state index contributed by atoms with van der Waals surface area (Å²) in [5, 5.41) is 14.4. The van der Waals surface area contributed by atoms with E-state index in [-0.39, 0.29) is 22.8 Å². The van der Waals surface area contributed by atoms with Gasteiger partial charge in [-0.1, -0.05) is 18.2 Å². The molecule has 9 nitrogen and oxygen atoms in total. The van der Waals surface area contributed by atoms with E-state index >= 15 is 0 Å². The van der Waals surface area contributed by atoms with Gasteiger partial charge < -0.3 is 9.73 Å². The molecule has 0 fully saturated rings. The number of benzene rings is 2. The van der Waals surface area contributed by atoms with Crippen LogP contribution in [0.25, 0.3) is 11.4 Å². The van der Waals surface area contributed by atoms with Gasteiger partial charge in [0, 0.05) is 11.2 Å². The molecule has 4 rings (SSSR count). The minimum atomic E-state index is -4.71. The number of carbonyl (C=O) groups is 2. The molecule has 1 atom stereocenters. The molecule has 0 spiro atoms. The first kappa shape index (κ1) is 28.5. The maximum atomic E-state index is 14.2. The number of aryl methyl sites for hydroxylation is 1. The first-order chi connectivity index (χ1) is 18.7. The number of alkyl halides is 3. The number of amides is 2. The average Bonchev–Trinajstić information content (AvgIpc) is 3.50. The summed E-state index contributed by atoms with van der Waals surface area (Å²) < 4.78 is 60.8. The van der Waals surface area contributed by atoms with Crippen LogP contribution in [0, 0.1) is 12.7 Å². The Balaban J connectivity index is 1.79. The number of tetrazole rings is 1. The van der Waals surface area contributed by atoms with E-state index in [0.717, 1.165) is 27.9 Å². The Kier molecular flexibility index (Phi) is 7.76. The van der Waals surface area contributed by atoms with Gasteiger partial charge in [0.25, 0.3) is 11.8 Å². The Morgan fingerprint density at radius 3 is 2.40 bits per heavy atom. The second-order valence-electron chi connectivity index (χ2n) is 10.0. The van der Waals surface area contributed by atoms with Crippen LogP contribution in [0.2, 0.25) is 0 Å². The molecule has 2 amide bonds. The lowest BCUT2D eigenvalue weighted by Gasteiger charge is -2.32. The Morgan fingerprint density at radius 2 is 1.77 bits per heavy atom. The molecule has 0 aliphatic carbocycles. The van der Waals surface area contributed by atoms with E-state index in [4.69, 9.17) is 4.42 Å². The summed E-state index contributed by atoms with van der Waals surface area (Å²) in [6.45, 7) is 6.15. The van der Waals surface area contributed by atoms with E-state index in [9.17, 15) is 27.2 Å². The van der Waals surface area contributed by atoms with Gasteiger partial charge in [-0.3, -0.25) is 14.5 Å². The third-order valence-electron chi connectivity index (χ3n) is 5.60. The summed E-state index contributed by atoms with van der Waals surface area (Å²) in [5.74, 6) is -1.78. The second-order valence-corrected chi connectivity index (χ2v) is 10.0. The van der Waals surface area contributed by atoms with Crippen molar-refractivity contribution < 1.29 is 31.6 Å². The molecule has 0 bridgehead atoms. The fourth-order valence-electron chi connectivity index (χ4n) is 3.94. The van der Waals surface area contributed by atoms with Crippen LogP contribution in [0.4, 0.5) is 23.2 Å². The van der Waals surface area contributed by atoms with Crippen molar-refractivity contribution in [3.63, 3.8) is 0 Å². The van der Waals surface area contributed by atoms with Crippen LogP contribution in [0.15, 0.2) is 65.1 Å².